The molecule has 6 rings (SSSR count). The highest BCUT2D eigenvalue weighted by molar-refractivity contribution is 7.21. The van der Waals surface area contributed by atoms with Crippen LogP contribution in [-0.4, -0.2) is 36.4 Å². The molecule has 0 saturated heterocycles. The third-order valence-corrected chi connectivity index (χ3v) is 8.27. The van der Waals surface area contributed by atoms with Crippen molar-refractivity contribution in [3.05, 3.63) is 101 Å². The molecule has 6 aromatic rings. The van der Waals surface area contributed by atoms with E-state index in [4.69, 9.17) is 10.5 Å². The van der Waals surface area contributed by atoms with Gasteiger partial charge in [0.1, 0.15) is 21.2 Å². The highest BCUT2D eigenvalue weighted by atomic mass is 32.1. The van der Waals surface area contributed by atoms with Gasteiger partial charge in [0.2, 0.25) is 0 Å². The highest BCUT2D eigenvalue weighted by Crippen LogP contribution is 2.44. The Morgan fingerprint density at radius 1 is 0.978 bits per heavy atom. The largest absolute Gasteiger partial charge is 0.471 e. The first-order valence-electron chi connectivity index (χ1n) is 14.0. The molecule has 0 bridgehead atoms. The lowest BCUT2D eigenvalue weighted by Gasteiger charge is -2.11. The second kappa shape index (κ2) is 12.1. The number of carbonyl (C=O) groups is 2. The lowest BCUT2D eigenvalue weighted by atomic mass is 10.0. The van der Waals surface area contributed by atoms with Crippen molar-refractivity contribution in [1.29, 1.82) is 0 Å². The van der Waals surface area contributed by atoms with Crippen LogP contribution in [0.4, 0.5) is 18.9 Å². The summed E-state index contributed by atoms with van der Waals surface area (Å²) in [7, 11) is 0. The van der Waals surface area contributed by atoms with E-state index in [1.165, 1.54) is 10.7 Å². The molecule has 0 saturated carbocycles. The zero-order valence-corrected chi connectivity index (χ0v) is 25.3. The number of carbonyl (C=O) groups excluding carboxylic acids is 2. The minimum atomic E-state index is -4.77. The average molecular weight is 646 g/mol. The SMILES string of the molecule is CCn1cc(-c2cc(C(F)(F)F)nc3sc(C(N)=O)c(NC(=O)c4ccn(COc5ccc(-c6ccccc6)cc5)n4)c23)c(C)n1. The number of aryl methyl sites for hydroxylation is 2. The van der Waals surface area contributed by atoms with Crippen LogP contribution in [0.25, 0.3) is 32.5 Å². The molecule has 0 unspecified atom stereocenters. The van der Waals surface area contributed by atoms with Crippen LogP contribution in [0.15, 0.2) is 79.1 Å². The van der Waals surface area contributed by atoms with Crippen LogP contribution in [0.1, 0.15) is 38.5 Å². The first-order valence-corrected chi connectivity index (χ1v) is 14.9. The van der Waals surface area contributed by atoms with Crippen molar-refractivity contribution < 1.29 is 27.5 Å². The molecule has 0 radical (unpaired) electrons. The number of benzene rings is 2. The van der Waals surface area contributed by atoms with E-state index in [1.54, 1.807) is 24.0 Å². The lowest BCUT2D eigenvalue weighted by molar-refractivity contribution is -0.140. The number of alkyl halides is 3. The van der Waals surface area contributed by atoms with Crippen LogP contribution in [0.3, 0.4) is 0 Å². The Balaban J connectivity index is 1.28. The van der Waals surface area contributed by atoms with Crippen LogP contribution in [0.5, 0.6) is 5.75 Å². The van der Waals surface area contributed by atoms with Crippen molar-refractivity contribution in [3.63, 3.8) is 0 Å². The number of aromatic nitrogens is 5. The number of nitrogens with one attached hydrogen (secondary N) is 1. The molecule has 2 amide bonds. The molecule has 0 aliphatic carbocycles. The number of fused-ring (bicyclic) bond motifs is 1. The number of pyridine rings is 1. The van der Waals surface area contributed by atoms with Gasteiger partial charge in [0.05, 0.1) is 11.4 Å². The maximum absolute atomic E-state index is 13.9. The van der Waals surface area contributed by atoms with Gasteiger partial charge < -0.3 is 15.8 Å². The highest BCUT2D eigenvalue weighted by Gasteiger charge is 2.35. The van der Waals surface area contributed by atoms with Crippen LogP contribution >= 0.6 is 11.3 Å². The van der Waals surface area contributed by atoms with Gasteiger partial charge in [-0.2, -0.15) is 23.4 Å². The van der Waals surface area contributed by atoms with Gasteiger partial charge in [-0.05, 0) is 54.8 Å². The summed E-state index contributed by atoms with van der Waals surface area (Å²) in [4.78, 5) is 29.4. The normalized spacial score (nSPS) is 11.6. The van der Waals surface area contributed by atoms with Crippen molar-refractivity contribution in [3.8, 4) is 28.0 Å². The first-order chi connectivity index (χ1) is 22.0. The smallest absolute Gasteiger partial charge is 0.433 e. The van der Waals surface area contributed by atoms with Crippen LogP contribution in [0.2, 0.25) is 0 Å². The van der Waals surface area contributed by atoms with E-state index in [0.717, 1.165) is 17.2 Å². The molecule has 46 heavy (non-hydrogen) atoms. The number of nitrogens with two attached hydrogens (primary N) is 1. The van der Waals surface area contributed by atoms with E-state index in [1.807, 2.05) is 61.5 Å². The molecule has 0 atom stereocenters. The molecule has 0 fully saturated rings. The molecule has 3 N–H and O–H groups in total. The number of amides is 2. The number of hydrogen-bond donors (Lipinski definition) is 2. The van der Waals surface area contributed by atoms with E-state index in [9.17, 15) is 22.8 Å². The van der Waals surface area contributed by atoms with E-state index in [0.29, 0.717) is 34.9 Å². The average Bonchev–Trinajstić information content (AvgIpc) is 3.77. The summed E-state index contributed by atoms with van der Waals surface area (Å²) in [5.41, 5.74) is 7.45. The maximum atomic E-state index is 13.9. The lowest BCUT2D eigenvalue weighted by Crippen LogP contribution is -2.18. The van der Waals surface area contributed by atoms with Crippen molar-refractivity contribution >= 4 is 39.1 Å². The van der Waals surface area contributed by atoms with Crippen LogP contribution < -0.4 is 15.8 Å². The Hall–Kier alpha value is -5.50. The molecule has 14 heteroatoms. The summed E-state index contributed by atoms with van der Waals surface area (Å²) in [5, 5.41) is 11.4. The summed E-state index contributed by atoms with van der Waals surface area (Å²) < 4.78 is 50.5. The maximum Gasteiger partial charge on any atom is 0.433 e. The van der Waals surface area contributed by atoms with Crippen molar-refractivity contribution in [2.75, 3.05) is 5.32 Å². The number of hydrogen-bond acceptors (Lipinski definition) is 7. The van der Waals surface area contributed by atoms with Crippen molar-refractivity contribution in [1.82, 2.24) is 24.5 Å². The zero-order chi connectivity index (χ0) is 32.6. The number of rotatable bonds is 9. The van der Waals surface area contributed by atoms with Crippen molar-refractivity contribution in [2.24, 2.45) is 5.73 Å². The van der Waals surface area contributed by atoms with Gasteiger partial charge in [0.15, 0.2) is 12.4 Å². The fraction of sp³-hybridized carbons (Fsp3) is 0.156. The molecule has 10 nitrogen and oxygen atoms in total. The summed E-state index contributed by atoms with van der Waals surface area (Å²) in [6.45, 7) is 3.98. The predicted octanol–water partition coefficient (Wildman–Crippen LogP) is 6.76. The third kappa shape index (κ3) is 6.06. The fourth-order valence-corrected chi connectivity index (χ4v) is 5.95. The Morgan fingerprint density at radius 2 is 1.70 bits per heavy atom. The molecule has 0 aliphatic rings. The van der Waals surface area contributed by atoms with E-state index >= 15 is 0 Å². The minimum absolute atomic E-state index is 0.000857. The number of halogens is 3. The van der Waals surface area contributed by atoms with Gasteiger partial charge in [0, 0.05) is 29.9 Å². The predicted molar refractivity (Wildman–Crippen MR) is 167 cm³/mol. The van der Waals surface area contributed by atoms with Gasteiger partial charge in [-0.25, -0.2) is 9.67 Å². The topological polar surface area (TPSA) is 130 Å². The Bertz CT molecular complexity index is 2070. The van der Waals surface area contributed by atoms with E-state index < -0.39 is 23.7 Å². The van der Waals surface area contributed by atoms with Crippen molar-refractivity contribution in [2.45, 2.75) is 33.3 Å². The number of nitrogens with zero attached hydrogens (tertiary/aromatic N) is 5. The van der Waals surface area contributed by atoms with Gasteiger partial charge in [-0.3, -0.25) is 14.3 Å². The quantitative estimate of drug-likeness (QED) is 0.179. The molecule has 0 aliphatic heterocycles. The summed E-state index contributed by atoms with van der Waals surface area (Å²) in [5.74, 6) is -1.05. The Kier molecular flexibility index (Phi) is 8.04. The standard InChI is InChI=1S/C32H26F3N7O3S/c1-3-41-16-23(18(2)39-41)22-15-25(32(33,34)35)37-31-26(22)27(28(46-31)29(36)43)38-30(44)24-13-14-42(40-24)17-45-21-11-9-20(10-12-21)19-7-5-4-6-8-19/h4-16H,3,17H2,1-2H3,(H2,36,43)(H,38,44). The number of anilines is 1. The zero-order valence-electron chi connectivity index (χ0n) is 24.5. The molecule has 2 aromatic carbocycles. The van der Waals surface area contributed by atoms with Crippen LogP contribution in [0, 0.1) is 6.92 Å². The molecule has 4 heterocycles. The Morgan fingerprint density at radius 3 is 2.35 bits per heavy atom. The molecular formula is C32H26F3N7O3S. The molecular weight excluding hydrogens is 619 g/mol. The summed E-state index contributed by atoms with van der Waals surface area (Å²) >= 11 is 0.664. The van der Waals surface area contributed by atoms with E-state index in [2.05, 4.69) is 20.5 Å². The van der Waals surface area contributed by atoms with Gasteiger partial charge in [-0.1, -0.05) is 42.5 Å². The molecule has 234 valence electrons. The first kappa shape index (κ1) is 30.5. The number of thiophene rings is 1. The van der Waals surface area contributed by atoms with Gasteiger partial charge in [0.25, 0.3) is 11.8 Å². The summed E-state index contributed by atoms with van der Waals surface area (Å²) in [6, 6.07) is 19.8. The Labute approximate surface area is 264 Å². The van der Waals surface area contributed by atoms with Gasteiger partial charge >= 0.3 is 6.18 Å². The van der Waals surface area contributed by atoms with E-state index in [-0.39, 0.29) is 38.8 Å². The third-order valence-electron chi connectivity index (χ3n) is 7.17. The fourth-order valence-electron chi connectivity index (χ4n) is 4.94. The molecule has 0 spiro atoms. The second-order valence-corrected chi connectivity index (χ2v) is 11.2. The number of primary amides is 1. The second-order valence-electron chi connectivity index (χ2n) is 10.2. The number of ether oxygens (including phenoxy) is 1. The van der Waals surface area contributed by atoms with Gasteiger partial charge in [-0.15, -0.1) is 11.3 Å². The minimum Gasteiger partial charge on any atom is -0.471 e. The molecule has 4 aromatic heterocycles. The van der Waals surface area contributed by atoms with Crippen LogP contribution in [-0.2, 0) is 19.5 Å². The summed E-state index contributed by atoms with van der Waals surface area (Å²) in [6.07, 6.45) is -1.62. The monoisotopic (exact) mass is 645 g/mol.